The Kier molecular flexibility index (Phi) is 4.43. The highest BCUT2D eigenvalue weighted by molar-refractivity contribution is 7.89. The van der Waals surface area contributed by atoms with Crippen molar-refractivity contribution in [2.24, 2.45) is 0 Å². The number of fused-ring (bicyclic) bond motifs is 1. The molecule has 0 saturated carbocycles. The summed E-state index contributed by atoms with van der Waals surface area (Å²) in [5, 5.41) is 0.127. The van der Waals surface area contributed by atoms with Gasteiger partial charge in [0.1, 0.15) is 22.1 Å². The number of benzene rings is 2. The van der Waals surface area contributed by atoms with Gasteiger partial charge in [0.25, 0.3) is 0 Å². The molecule has 0 amide bonds. The second-order valence-electron chi connectivity index (χ2n) is 6.61. The maximum Gasteiger partial charge on any atom is 0.244 e. The number of hydrogen-bond acceptors (Lipinski definition) is 4. The lowest BCUT2D eigenvalue weighted by Gasteiger charge is -2.37. The molecule has 0 spiro atoms. The number of halogens is 2. The Morgan fingerprint density at radius 1 is 1.28 bits per heavy atom. The summed E-state index contributed by atoms with van der Waals surface area (Å²) in [6.07, 6.45) is 0.373. The number of anilines is 1. The molecule has 5 nitrogen and oxygen atoms in total. The molecule has 1 unspecified atom stereocenters. The Balaban J connectivity index is 2.00. The lowest BCUT2D eigenvalue weighted by molar-refractivity contribution is 0.0702. The van der Waals surface area contributed by atoms with Gasteiger partial charge in [-0.05, 0) is 50.2 Å². The number of sulfonamides is 1. The molecule has 0 saturated heterocycles. The van der Waals surface area contributed by atoms with Crippen LogP contribution in [0.25, 0.3) is 0 Å². The molecule has 2 aromatic carbocycles. The van der Waals surface area contributed by atoms with Crippen molar-refractivity contribution in [3.8, 4) is 5.75 Å². The first-order chi connectivity index (χ1) is 11.6. The Bertz CT molecular complexity index is 931. The lowest BCUT2D eigenvalue weighted by Crippen LogP contribution is -2.41. The first-order valence-electron chi connectivity index (χ1n) is 7.63. The fourth-order valence-corrected chi connectivity index (χ4v) is 4.36. The van der Waals surface area contributed by atoms with E-state index in [1.54, 1.807) is 18.2 Å². The second-order valence-corrected chi connectivity index (χ2v) is 8.73. The van der Waals surface area contributed by atoms with E-state index in [1.165, 1.54) is 6.07 Å². The van der Waals surface area contributed by atoms with Crippen LogP contribution in [0, 0.1) is 5.82 Å². The van der Waals surface area contributed by atoms with Crippen LogP contribution in [-0.4, -0.2) is 14.0 Å². The fraction of sp³-hybridized carbons (Fsp3) is 0.294. The van der Waals surface area contributed by atoms with Crippen molar-refractivity contribution < 1.29 is 17.5 Å². The van der Waals surface area contributed by atoms with Gasteiger partial charge in [0.2, 0.25) is 10.0 Å². The third-order valence-electron chi connectivity index (χ3n) is 3.97. The largest absolute Gasteiger partial charge is 0.487 e. The van der Waals surface area contributed by atoms with E-state index in [1.807, 2.05) is 13.8 Å². The van der Waals surface area contributed by atoms with Gasteiger partial charge in [-0.15, -0.1) is 0 Å². The summed E-state index contributed by atoms with van der Waals surface area (Å²) in [7, 11) is -4.09. The van der Waals surface area contributed by atoms with E-state index in [-0.39, 0.29) is 5.02 Å². The van der Waals surface area contributed by atoms with Gasteiger partial charge in [-0.25, -0.2) is 17.5 Å². The molecule has 3 rings (SSSR count). The van der Waals surface area contributed by atoms with Gasteiger partial charge in [-0.2, -0.15) is 0 Å². The number of ether oxygens (including phenoxy) is 1. The molecule has 0 aromatic heterocycles. The average molecular weight is 385 g/mol. The molecule has 1 heterocycles. The predicted octanol–water partition coefficient (Wildman–Crippen LogP) is 3.64. The van der Waals surface area contributed by atoms with Gasteiger partial charge in [0.15, 0.2) is 0 Å². The Labute approximate surface area is 151 Å². The van der Waals surface area contributed by atoms with Crippen molar-refractivity contribution >= 4 is 27.3 Å². The van der Waals surface area contributed by atoms with Crippen LogP contribution in [0.15, 0.2) is 41.3 Å². The summed E-state index contributed by atoms with van der Waals surface area (Å²) >= 11 is 5.70. The highest BCUT2D eigenvalue weighted by Gasteiger charge is 2.36. The standard InChI is InChI=1S/C17H18ClFN2O3S/c1-17(2)9-14(12-8-11(20)4-5-15(12)24-17)21-25(22,23)16-6-3-10(18)7-13(16)19/h3-8,14,21H,9,20H2,1-2H3. The number of hydrogen-bond donors (Lipinski definition) is 2. The fourth-order valence-electron chi connectivity index (χ4n) is 2.92. The van der Waals surface area contributed by atoms with Crippen molar-refractivity contribution in [2.45, 2.75) is 36.8 Å². The summed E-state index contributed by atoms with van der Waals surface area (Å²) in [6, 6.07) is 7.90. The Morgan fingerprint density at radius 2 is 2.00 bits per heavy atom. The minimum atomic E-state index is -4.09. The number of nitrogens with one attached hydrogen (secondary N) is 1. The van der Waals surface area contributed by atoms with Crippen LogP contribution >= 0.6 is 11.6 Å². The lowest BCUT2D eigenvalue weighted by atomic mass is 9.90. The molecule has 0 radical (unpaired) electrons. The van der Waals surface area contributed by atoms with Crippen molar-refractivity contribution in [3.63, 3.8) is 0 Å². The monoisotopic (exact) mass is 384 g/mol. The zero-order valence-corrected chi connectivity index (χ0v) is 15.3. The maximum atomic E-state index is 14.1. The molecule has 2 aromatic rings. The molecule has 0 fully saturated rings. The molecule has 1 atom stereocenters. The van der Waals surface area contributed by atoms with E-state index >= 15 is 0 Å². The van der Waals surface area contributed by atoms with E-state index in [2.05, 4.69) is 4.72 Å². The van der Waals surface area contributed by atoms with Gasteiger partial charge in [0, 0.05) is 22.7 Å². The molecular formula is C17H18ClFN2O3S. The second kappa shape index (κ2) is 6.16. The first-order valence-corrected chi connectivity index (χ1v) is 9.49. The molecule has 1 aliphatic heterocycles. The molecule has 1 aliphatic rings. The zero-order chi connectivity index (χ0) is 18.4. The van der Waals surface area contributed by atoms with Crippen LogP contribution < -0.4 is 15.2 Å². The van der Waals surface area contributed by atoms with Crippen LogP contribution in [0.4, 0.5) is 10.1 Å². The Hall–Kier alpha value is -1.83. The summed E-state index contributed by atoms with van der Waals surface area (Å²) in [5.74, 6) is -0.353. The minimum absolute atomic E-state index is 0.127. The summed E-state index contributed by atoms with van der Waals surface area (Å²) in [5.41, 5.74) is 6.34. The van der Waals surface area contributed by atoms with Crippen LogP contribution in [0.3, 0.4) is 0 Å². The SMILES string of the molecule is CC1(C)CC(NS(=O)(=O)c2ccc(Cl)cc2F)c2cc(N)ccc2O1. The summed E-state index contributed by atoms with van der Waals surface area (Å²) in [4.78, 5) is -0.452. The first kappa shape index (κ1) is 18.0. The van der Waals surface area contributed by atoms with Crippen LogP contribution in [0.2, 0.25) is 5.02 Å². The van der Waals surface area contributed by atoms with Crippen molar-refractivity contribution in [1.29, 1.82) is 0 Å². The highest BCUT2D eigenvalue weighted by Crippen LogP contribution is 2.41. The highest BCUT2D eigenvalue weighted by atomic mass is 35.5. The number of nitrogens with two attached hydrogens (primary N) is 1. The minimum Gasteiger partial charge on any atom is -0.487 e. The predicted molar refractivity (Wildman–Crippen MR) is 94.7 cm³/mol. The van der Waals surface area contributed by atoms with E-state index < -0.39 is 32.4 Å². The molecule has 25 heavy (non-hydrogen) atoms. The summed E-state index contributed by atoms with van der Waals surface area (Å²) in [6.45, 7) is 3.72. The third kappa shape index (κ3) is 3.73. The maximum absolute atomic E-state index is 14.1. The van der Waals surface area contributed by atoms with Crippen LogP contribution in [0.5, 0.6) is 5.75 Å². The van der Waals surface area contributed by atoms with Crippen LogP contribution in [-0.2, 0) is 10.0 Å². The van der Waals surface area contributed by atoms with Crippen molar-refractivity contribution in [2.75, 3.05) is 5.73 Å². The molecular weight excluding hydrogens is 367 g/mol. The molecule has 0 bridgehead atoms. The van der Waals surface area contributed by atoms with E-state index in [0.29, 0.717) is 23.4 Å². The van der Waals surface area contributed by atoms with Gasteiger partial charge in [-0.3, -0.25) is 0 Å². The summed E-state index contributed by atoms with van der Waals surface area (Å²) < 4.78 is 47.9. The van der Waals surface area contributed by atoms with E-state index in [4.69, 9.17) is 22.1 Å². The van der Waals surface area contributed by atoms with Gasteiger partial charge >= 0.3 is 0 Å². The normalized spacial score (nSPS) is 19.1. The molecule has 3 N–H and O–H groups in total. The molecule has 0 aliphatic carbocycles. The van der Waals surface area contributed by atoms with Crippen molar-refractivity contribution in [1.82, 2.24) is 4.72 Å². The van der Waals surface area contributed by atoms with E-state index in [0.717, 1.165) is 12.1 Å². The van der Waals surface area contributed by atoms with E-state index in [9.17, 15) is 12.8 Å². The van der Waals surface area contributed by atoms with Crippen LogP contribution in [0.1, 0.15) is 31.9 Å². The Morgan fingerprint density at radius 3 is 2.68 bits per heavy atom. The number of rotatable bonds is 3. The quantitative estimate of drug-likeness (QED) is 0.791. The molecule has 8 heteroatoms. The topological polar surface area (TPSA) is 81.4 Å². The van der Waals surface area contributed by atoms with Gasteiger partial charge < -0.3 is 10.5 Å². The van der Waals surface area contributed by atoms with Crippen molar-refractivity contribution in [3.05, 3.63) is 52.8 Å². The van der Waals surface area contributed by atoms with Gasteiger partial charge in [0.05, 0.1) is 6.04 Å². The average Bonchev–Trinajstić information content (AvgIpc) is 2.46. The zero-order valence-electron chi connectivity index (χ0n) is 13.7. The smallest absolute Gasteiger partial charge is 0.244 e. The van der Waals surface area contributed by atoms with Gasteiger partial charge in [-0.1, -0.05) is 11.6 Å². The third-order valence-corrected chi connectivity index (χ3v) is 5.71. The number of nitrogen functional groups attached to an aromatic ring is 1. The molecule has 134 valence electrons.